The van der Waals surface area contributed by atoms with Crippen LogP contribution in [0.5, 0.6) is 5.75 Å². The molecule has 4 aromatic rings. The summed E-state index contributed by atoms with van der Waals surface area (Å²) < 4.78 is 14.2. The summed E-state index contributed by atoms with van der Waals surface area (Å²) >= 11 is 0. The number of hydrogen-bond acceptors (Lipinski definition) is 11. The summed E-state index contributed by atoms with van der Waals surface area (Å²) in [7, 11) is 3.29. The van der Waals surface area contributed by atoms with Crippen LogP contribution < -0.4 is 16.1 Å². The second-order valence-corrected chi connectivity index (χ2v) is 20.6. The maximum Gasteiger partial charge on any atom is 0.324 e. The Morgan fingerprint density at radius 3 is 2.55 bits per heavy atom. The number of carbonyl (C=O) groups is 5. The molecule has 3 saturated heterocycles. The average molecular weight is 947 g/mol. The van der Waals surface area contributed by atoms with Crippen LogP contribution in [0.15, 0.2) is 54.7 Å². The van der Waals surface area contributed by atoms with E-state index in [1.807, 2.05) is 39.0 Å². The Hall–Kier alpha value is -5.84. The fraction of sp³-hybridized carbons (Fsp3) is 0.547. The van der Waals surface area contributed by atoms with Crippen molar-refractivity contribution in [1.29, 1.82) is 0 Å². The smallest absolute Gasteiger partial charge is 0.324 e. The molecule has 69 heavy (non-hydrogen) atoms. The SMILES string of the molecule is CCn1c(-c2cccnc2[C@H](C)OC)c2c3cc(ccc31)-c1cc(O)cc(c1)C[C@H](NC(=O)C(C(C)C)N(C)C(=O)[C@H]1CCN(C(=O)[C@H]3CCCN3)C1)C(=O)N1CCC[C@H](N1)C(=O)OCC(C)(C)C2. The van der Waals surface area contributed by atoms with Gasteiger partial charge in [0.15, 0.2) is 0 Å². The molecule has 0 spiro atoms. The van der Waals surface area contributed by atoms with Crippen molar-refractivity contribution >= 4 is 40.5 Å². The first-order valence-corrected chi connectivity index (χ1v) is 24.8. The molecule has 4 amide bonds. The van der Waals surface area contributed by atoms with Gasteiger partial charge in [0.1, 0.15) is 23.9 Å². The molecule has 6 heterocycles. The van der Waals surface area contributed by atoms with Crippen molar-refractivity contribution in [3.05, 3.63) is 71.5 Å². The number of rotatable bonds is 10. The molecule has 3 fully saturated rings. The van der Waals surface area contributed by atoms with E-state index in [2.05, 4.69) is 59.6 Å². The van der Waals surface area contributed by atoms with E-state index in [-0.39, 0.29) is 61.7 Å². The summed E-state index contributed by atoms with van der Waals surface area (Å²) in [6.07, 6.45) is 5.20. The Kier molecular flexibility index (Phi) is 14.8. The van der Waals surface area contributed by atoms with Crippen LogP contribution in [0.1, 0.15) is 96.6 Å². The largest absolute Gasteiger partial charge is 0.508 e. The van der Waals surface area contributed by atoms with Crippen LogP contribution in [0, 0.1) is 17.3 Å². The van der Waals surface area contributed by atoms with Gasteiger partial charge in [-0.3, -0.25) is 34.0 Å². The molecule has 0 saturated carbocycles. The number of aromatic hydroxyl groups is 1. The van der Waals surface area contributed by atoms with E-state index in [0.29, 0.717) is 44.3 Å². The number of ether oxygens (including phenoxy) is 2. The Morgan fingerprint density at radius 1 is 1.03 bits per heavy atom. The number of esters is 1. The normalized spacial score (nSPS) is 22.9. The average Bonchev–Trinajstić information content (AvgIpc) is 4.12. The van der Waals surface area contributed by atoms with Crippen LogP contribution in [0.4, 0.5) is 0 Å². The number of phenols is 1. The predicted molar refractivity (Wildman–Crippen MR) is 262 cm³/mol. The summed E-state index contributed by atoms with van der Waals surface area (Å²) in [5, 5.41) is 20.1. The summed E-state index contributed by atoms with van der Waals surface area (Å²) in [5.74, 6) is -2.49. The molecule has 4 N–H and O–H groups in total. The van der Waals surface area contributed by atoms with E-state index in [0.717, 1.165) is 63.9 Å². The van der Waals surface area contributed by atoms with Gasteiger partial charge < -0.3 is 39.6 Å². The number of aryl methyl sites for hydroxylation is 1. The first kappa shape index (κ1) is 49.6. The number of phenolic OH excluding ortho intramolecular Hbond substituents is 1. The van der Waals surface area contributed by atoms with Crippen molar-refractivity contribution in [2.45, 2.75) is 123 Å². The number of methoxy groups -OCH3 is 1. The highest BCUT2D eigenvalue weighted by Gasteiger charge is 2.41. The van der Waals surface area contributed by atoms with Crippen molar-refractivity contribution in [2.24, 2.45) is 17.3 Å². The first-order valence-electron chi connectivity index (χ1n) is 24.8. The van der Waals surface area contributed by atoms with Gasteiger partial charge in [-0.1, -0.05) is 39.8 Å². The van der Waals surface area contributed by atoms with Gasteiger partial charge in [0.05, 0.1) is 36.1 Å². The molecule has 2 aromatic heterocycles. The highest BCUT2D eigenvalue weighted by Crippen LogP contribution is 2.42. The van der Waals surface area contributed by atoms with Gasteiger partial charge in [0.2, 0.25) is 17.7 Å². The molecule has 0 aliphatic carbocycles. The van der Waals surface area contributed by atoms with E-state index in [4.69, 9.17) is 14.5 Å². The van der Waals surface area contributed by atoms with Crippen LogP contribution >= 0.6 is 0 Å². The topological polar surface area (TPSA) is 188 Å². The van der Waals surface area contributed by atoms with Crippen LogP contribution in [0.2, 0.25) is 0 Å². The Balaban J connectivity index is 1.16. The van der Waals surface area contributed by atoms with Crippen LogP contribution in [0.25, 0.3) is 33.3 Å². The highest BCUT2D eigenvalue weighted by molar-refractivity contribution is 5.96. The second kappa shape index (κ2) is 20.6. The third-order valence-electron chi connectivity index (χ3n) is 14.6. The number of likely N-dealkylation sites (tertiary alicyclic amines) is 1. The van der Waals surface area contributed by atoms with Crippen LogP contribution in [-0.4, -0.2) is 130 Å². The zero-order valence-corrected chi connectivity index (χ0v) is 41.5. The monoisotopic (exact) mass is 947 g/mol. The lowest BCUT2D eigenvalue weighted by Crippen LogP contribution is -2.62. The Bertz CT molecular complexity index is 2580. The number of hydrazine groups is 1. The zero-order valence-electron chi connectivity index (χ0n) is 41.5. The number of nitrogens with one attached hydrogen (secondary N) is 3. The van der Waals surface area contributed by atoms with Crippen molar-refractivity contribution in [2.75, 3.05) is 46.9 Å². The number of pyridine rings is 1. The molecular formula is C53H70N8O8. The molecule has 6 bridgehead atoms. The van der Waals surface area contributed by atoms with E-state index < -0.39 is 47.2 Å². The van der Waals surface area contributed by atoms with Gasteiger partial charge in [0, 0.05) is 74.8 Å². The maximum atomic E-state index is 14.8. The fourth-order valence-electron chi connectivity index (χ4n) is 11.0. The number of aromatic nitrogens is 2. The Morgan fingerprint density at radius 2 is 1.83 bits per heavy atom. The minimum Gasteiger partial charge on any atom is -0.508 e. The summed E-state index contributed by atoms with van der Waals surface area (Å²) in [6, 6.07) is 12.4. The molecule has 2 aromatic carbocycles. The number of hydrogen-bond donors (Lipinski definition) is 4. The number of nitrogens with zero attached hydrogens (tertiary/aromatic N) is 5. The molecule has 0 radical (unpaired) electrons. The van der Waals surface area contributed by atoms with E-state index >= 15 is 0 Å². The first-order chi connectivity index (χ1) is 33.0. The quantitative estimate of drug-likeness (QED) is 0.146. The van der Waals surface area contributed by atoms with E-state index in [1.165, 1.54) is 9.91 Å². The maximum absolute atomic E-state index is 14.8. The minimum absolute atomic E-state index is 0.00382. The van der Waals surface area contributed by atoms with Crippen LogP contribution in [-0.2, 0) is 52.8 Å². The number of cyclic esters (lactones) is 1. The number of amides is 4. The lowest BCUT2D eigenvalue weighted by molar-refractivity contribution is -0.155. The molecule has 4 aliphatic heterocycles. The lowest BCUT2D eigenvalue weighted by atomic mass is 9.84. The molecule has 6 atom stereocenters. The molecule has 16 heteroatoms. The van der Waals surface area contributed by atoms with Gasteiger partial charge >= 0.3 is 5.97 Å². The Labute approximate surface area is 405 Å². The fourth-order valence-corrected chi connectivity index (χ4v) is 11.0. The van der Waals surface area contributed by atoms with Gasteiger partial charge in [-0.25, -0.2) is 5.43 Å². The van der Waals surface area contributed by atoms with Crippen LogP contribution in [0.3, 0.4) is 0 Å². The van der Waals surface area contributed by atoms with E-state index in [1.54, 1.807) is 37.4 Å². The minimum atomic E-state index is -1.16. The van der Waals surface area contributed by atoms with Gasteiger partial charge in [0.25, 0.3) is 5.91 Å². The number of carbonyl (C=O) groups excluding carboxylic acids is 5. The predicted octanol–water partition coefficient (Wildman–Crippen LogP) is 5.54. The summed E-state index contributed by atoms with van der Waals surface area (Å²) in [4.78, 5) is 78.8. The van der Waals surface area contributed by atoms with Crippen molar-refractivity contribution in [3.8, 4) is 28.1 Å². The third-order valence-corrected chi connectivity index (χ3v) is 14.6. The van der Waals surface area contributed by atoms with Crippen molar-refractivity contribution in [3.63, 3.8) is 0 Å². The number of likely N-dealkylation sites (N-methyl/N-ethyl adjacent to an activating group) is 1. The molecule has 1 unspecified atom stereocenters. The van der Waals surface area contributed by atoms with Gasteiger partial charge in [-0.15, -0.1) is 0 Å². The molecular weight excluding hydrogens is 877 g/mol. The zero-order chi connectivity index (χ0) is 49.3. The number of fused-ring (bicyclic) bond motifs is 6. The van der Waals surface area contributed by atoms with E-state index in [9.17, 15) is 29.1 Å². The van der Waals surface area contributed by atoms with Gasteiger partial charge in [-0.2, -0.15) is 0 Å². The molecule has 8 rings (SSSR count). The molecule has 4 aliphatic rings. The summed E-state index contributed by atoms with van der Waals surface area (Å²) in [5.41, 5.74) is 9.58. The summed E-state index contributed by atoms with van der Waals surface area (Å²) in [6.45, 7) is 14.6. The third kappa shape index (κ3) is 10.4. The number of benzene rings is 2. The van der Waals surface area contributed by atoms with Crippen molar-refractivity contribution < 1.29 is 38.6 Å². The standard InChI is InChI=1S/C53H70N8O8/c1-9-60-44-17-16-34-27-39(44)40(47(60)38-13-10-20-55-45(38)32(4)68-8)28-53(5,6)30-69-52(67)42-15-12-21-61(57-42)51(66)43(25-33-23-36(34)26-37(62)24-33)56-48(63)46(31(2)3)58(7)49(64)35-18-22-59(29-35)50(65)41-14-11-19-54-41/h10,13,16-17,20,23-24,26-27,31-32,35,41-43,46,54,57,62H,9,11-12,14-15,18-19,21-22,25,28-30H2,1-8H3,(H,56,63)/t32-,35-,41+,42-,43-,46?/m0/s1. The molecule has 16 nitrogen and oxygen atoms in total. The lowest BCUT2D eigenvalue weighted by Gasteiger charge is -2.37. The highest BCUT2D eigenvalue weighted by atomic mass is 16.5. The van der Waals surface area contributed by atoms with Gasteiger partial charge in [-0.05, 0) is 123 Å². The molecule has 370 valence electrons. The van der Waals surface area contributed by atoms with Crippen molar-refractivity contribution in [1.82, 2.24) is 40.4 Å². The second-order valence-electron chi connectivity index (χ2n) is 20.6.